The van der Waals surface area contributed by atoms with E-state index in [1.165, 1.54) is 11.3 Å². The highest BCUT2D eigenvalue weighted by atomic mass is 32.1. The lowest BCUT2D eigenvalue weighted by Gasteiger charge is -2.08. The average molecular weight is 361 g/mol. The molecular weight excluding hydrogens is 346 g/mol. The Hall–Kier alpha value is -3.25. The average Bonchev–Trinajstić information content (AvgIpc) is 3.20. The van der Waals surface area contributed by atoms with Crippen LogP contribution in [0.15, 0.2) is 71.7 Å². The number of aromatic nitrogens is 2. The molecule has 1 amide bonds. The Kier molecular flexibility index (Phi) is 4.57. The predicted molar refractivity (Wildman–Crippen MR) is 103 cm³/mol. The van der Waals surface area contributed by atoms with Crippen LogP contribution in [0.3, 0.4) is 0 Å². The van der Waals surface area contributed by atoms with Crippen LogP contribution in [0, 0.1) is 0 Å². The van der Waals surface area contributed by atoms with Gasteiger partial charge in [0.05, 0.1) is 28.6 Å². The molecule has 4 aromatic rings. The number of fused-ring (bicyclic) bond motifs is 1. The molecule has 2 heterocycles. The summed E-state index contributed by atoms with van der Waals surface area (Å²) in [6, 6.07) is 16.8. The molecule has 0 spiro atoms. The summed E-state index contributed by atoms with van der Waals surface area (Å²) in [5.74, 6) is 0.420. The predicted octanol–water partition coefficient (Wildman–Crippen LogP) is 4.52. The molecule has 0 aliphatic carbocycles. The van der Waals surface area contributed by atoms with Crippen LogP contribution in [0.1, 0.15) is 16.1 Å². The fourth-order valence-corrected chi connectivity index (χ4v) is 3.08. The Bertz CT molecular complexity index is 1050. The van der Waals surface area contributed by atoms with Gasteiger partial charge in [-0.3, -0.25) is 9.78 Å². The first kappa shape index (κ1) is 16.2. The molecule has 0 bridgehead atoms. The number of ether oxygens (including phenoxy) is 1. The minimum Gasteiger partial charge on any atom is -0.487 e. The summed E-state index contributed by atoms with van der Waals surface area (Å²) < 4.78 is 5.70. The number of hydrogen-bond donors (Lipinski definition) is 1. The van der Waals surface area contributed by atoms with E-state index in [4.69, 9.17) is 4.74 Å². The number of carbonyl (C=O) groups excluding carboxylic acids is 1. The highest BCUT2D eigenvalue weighted by molar-refractivity contribution is 7.07. The number of benzene rings is 2. The maximum absolute atomic E-state index is 12.5. The number of hydrogen-bond acceptors (Lipinski definition) is 5. The SMILES string of the molecule is O=C(Nc1cnc2ccccc2c1)c1cccc(OCc2cscn2)c1. The molecular formula is C20H15N3O2S. The van der Waals surface area contributed by atoms with Crippen molar-refractivity contribution in [2.24, 2.45) is 0 Å². The van der Waals surface area contributed by atoms with Gasteiger partial charge in [-0.25, -0.2) is 4.98 Å². The molecule has 0 aliphatic rings. The monoisotopic (exact) mass is 361 g/mol. The molecule has 4 rings (SSSR count). The van der Waals surface area contributed by atoms with Crippen LogP contribution in [0.2, 0.25) is 0 Å². The van der Waals surface area contributed by atoms with Gasteiger partial charge >= 0.3 is 0 Å². The van der Waals surface area contributed by atoms with Gasteiger partial charge in [-0.05, 0) is 30.3 Å². The number of para-hydroxylation sites is 1. The number of anilines is 1. The second kappa shape index (κ2) is 7.33. The van der Waals surface area contributed by atoms with E-state index in [9.17, 15) is 4.79 Å². The van der Waals surface area contributed by atoms with Crippen LogP contribution < -0.4 is 10.1 Å². The lowest BCUT2D eigenvalue weighted by Crippen LogP contribution is -2.12. The molecule has 26 heavy (non-hydrogen) atoms. The topological polar surface area (TPSA) is 64.1 Å². The Morgan fingerprint density at radius 3 is 2.88 bits per heavy atom. The van der Waals surface area contributed by atoms with E-state index in [2.05, 4.69) is 15.3 Å². The first-order valence-electron chi connectivity index (χ1n) is 8.04. The third kappa shape index (κ3) is 3.70. The zero-order valence-corrected chi connectivity index (χ0v) is 14.6. The number of thiazole rings is 1. The van der Waals surface area contributed by atoms with Crippen LogP contribution in [0.4, 0.5) is 5.69 Å². The zero-order valence-electron chi connectivity index (χ0n) is 13.8. The van der Waals surface area contributed by atoms with Crippen molar-refractivity contribution >= 4 is 33.8 Å². The van der Waals surface area contributed by atoms with Gasteiger partial charge in [0.2, 0.25) is 0 Å². The molecule has 0 aliphatic heterocycles. The summed E-state index contributed by atoms with van der Waals surface area (Å²) in [5, 5.41) is 5.79. The second-order valence-electron chi connectivity index (χ2n) is 5.67. The molecule has 0 atom stereocenters. The van der Waals surface area contributed by atoms with E-state index in [0.29, 0.717) is 23.6 Å². The molecule has 1 N–H and O–H groups in total. The minimum atomic E-state index is -0.207. The van der Waals surface area contributed by atoms with Crippen molar-refractivity contribution in [3.8, 4) is 5.75 Å². The minimum absolute atomic E-state index is 0.207. The lowest BCUT2D eigenvalue weighted by atomic mass is 10.2. The molecule has 0 radical (unpaired) electrons. The molecule has 128 valence electrons. The highest BCUT2D eigenvalue weighted by Crippen LogP contribution is 2.19. The number of pyridine rings is 1. The van der Waals surface area contributed by atoms with Gasteiger partial charge in [-0.1, -0.05) is 24.3 Å². The van der Waals surface area contributed by atoms with Gasteiger partial charge in [-0.15, -0.1) is 11.3 Å². The number of nitrogens with one attached hydrogen (secondary N) is 1. The summed E-state index contributed by atoms with van der Waals surface area (Å²) in [7, 11) is 0. The quantitative estimate of drug-likeness (QED) is 0.567. The summed E-state index contributed by atoms with van der Waals surface area (Å²) in [6.45, 7) is 0.378. The standard InChI is InChI=1S/C20H15N3O2S/c24-20(23-16-8-14-4-1-2-7-19(14)21-10-16)15-5-3-6-18(9-15)25-11-17-12-26-13-22-17/h1-10,12-13H,11H2,(H,23,24). The van der Waals surface area contributed by atoms with Crippen molar-refractivity contribution in [2.75, 3.05) is 5.32 Å². The van der Waals surface area contributed by atoms with Crippen LogP contribution in [-0.2, 0) is 6.61 Å². The third-order valence-electron chi connectivity index (χ3n) is 3.81. The second-order valence-corrected chi connectivity index (χ2v) is 6.39. The molecule has 6 heteroatoms. The van der Waals surface area contributed by atoms with E-state index < -0.39 is 0 Å². The Morgan fingerprint density at radius 1 is 1.08 bits per heavy atom. The van der Waals surface area contributed by atoms with Crippen LogP contribution in [0.25, 0.3) is 10.9 Å². The molecule has 5 nitrogen and oxygen atoms in total. The van der Waals surface area contributed by atoms with Crippen LogP contribution in [-0.4, -0.2) is 15.9 Å². The summed E-state index contributed by atoms with van der Waals surface area (Å²) in [4.78, 5) is 21.1. The highest BCUT2D eigenvalue weighted by Gasteiger charge is 2.08. The van der Waals surface area contributed by atoms with Crippen molar-refractivity contribution in [3.05, 3.63) is 82.9 Å². The lowest BCUT2D eigenvalue weighted by molar-refractivity contribution is 0.102. The molecule has 2 aromatic heterocycles. The van der Waals surface area contributed by atoms with E-state index in [-0.39, 0.29) is 5.91 Å². The van der Waals surface area contributed by atoms with E-state index in [1.807, 2.05) is 41.8 Å². The van der Waals surface area contributed by atoms with Gasteiger partial charge in [0.25, 0.3) is 5.91 Å². The molecule has 0 saturated heterocycles. The summed E-state index contributed by atoms with van der Waals surface area (Å²) in [5.41, 5.74) is 4.70. The van der Waals surface area contributed by atoms with Crippen molar-refractivity contribution in [2.45, 2.75) is 6.61 Å². The molecule has 0 unspecified atom stereocenters. The van der Waals surface area contributed by atoms with Gasteiger partial charge in [0, 0.05) is 16.3 Å². The fraction of sp³-hybridized carbons (Fsp3) is 0.0500. The molecule has 0 fully saturated rings. The molecule has 0 saturated carbocycles. The van der Waals surface area contributed by atoms with E-state index in [1.54, 1.807) is 29.9 Å². The van der Waals surface area contributed by atoms with Gasteiger partial charge in [0.15, 0.2) is 0 Å². The Morgan fingerprint density at radius 2 is 2.00 bits per heavy atom. The summed E-state index contributed by atoms with van der Waals surface area (Å²) >= 11 is 1.52. The Labute approximate surface area is 154 Å². The maximum atomic E-state index is 12.5. The van der Waals surface area contributed by atoms with E-state index in [0.717, 1.165) is 16.6 Å². The van der Waals surface area contributed by atoms with Gasteiger partial charge in [0.1, 0.15) is 12.4 Å². The van der Waals surface area contributed by atoms with Gasteiger partial charge < -0.3 is 10.1 Å². The largest absolute Gasteiger partial charge is 0.487 e. The smallest absolute Gasteiger partial charge is 0.255 e. The van der Waals surface area contributed by atoms with Crippen molar-refractivity contribution in [1.82, 2.24) is 9.97 Å². The van der Waals surface area contributed by atoms with Crippen molar-refractivity contribution in [1.29, 1.82) is 0 Å². The first-order valence-corrected chi connectivity index (χ1v) is 8.98. The van der Waals surface area contributed by atoms with Gasteiger partial charge in [-0.2, -0.15) is 0 Å². The fourth-order valence-electron chi connectivity index (χ4n) is 2.54. The van der Waals surface area contributed by atoms with E-state index >= 15 is 0 Å². The first-order chi connectivity index (χ1) is 12.8. The maximum Gasteiger partial charge on any atom is 0.255 e. The summed E-state index contributed by atoms with van der Waals surface area (Å²) in [6.07, 6.45) is 1.66. The number of nitrogens with zero attached hydrogens (tertiary/aromatic N) is 2. The normalized spacial score (nSPS) is 10.6. The number of amides is 1. The number of carbonyl (C=O) groups is 1. The van der Waals surface area contributed by atoms with Crippen molar-refractivity contribution in [3.63, 3.8) is 0 Å². The zero-order chi connectivity index (χ0) is 17.8. The number of rotatable bonds is 5. The van der Waals surface area contributed by atoms with Crippen LogP contribution in [0.5, 0.6) is 5.75 Å². The third-order valence-corrected chi connectivity index (χ3v) is 4.45. The van der Waals surface area contributed by atoms with Crippen molar-refractivity contribution < 1.29 is 9.53 Å². The van der Waals surface area contributed by atoms with Crippen LogP contribution >= 0.6 is 11.3 Å². The molecule has 2 aromatic carbocycles. The Balaban J connectivity index is 1.47.